The molecule has 0 N–H and O–H groups in total. The van der Waals surface area contributed by atoms with Gasteiger partial charge in [0.05, 0.1) is 24.5 Å². The molecule has 0 unspecified atom stereocenters. The van der Waals surface area contributed by atoms with Crippen LogP contribution in [0.25, 0.3) is 0 Å². The van der Waals surface area contributed by atoms with Gasteiger partial charge in [-0.25, -0.2) is 4.79 Å². The van der Waals surface area contributed by atoms with E-state index in [1.54, 1.807) is 4.57 Å². The number of esters is 1. The van der Waals surface area contributed by atoms with Crippen LogP contribution < -0.4 is 5.56 Å². The summed E-state index contributed by atoms with van der Waals surface area (Å²) in [4.78, 5) is 25.9. The zero-order chi connectivity index (χ0) is 19.1. The number of pyridine rings is 1. The highest BCUT2D eigenvalue weighted by molar-refractivity contribution is 5.83. The summed E-state index contributed by atoms with van der Waals surface area (Å²) in [7, 11) is 0. The van der Waals surface area contributed by atoms with Crippen molar-refractivity contribution in [2.24, 2.45) is 0 Å². The zero-order valence-electron chi connectivity index (χ0n) is 16.0. The Morgan fingerprint density at radius 2 is 1.96 bits per heavy atom. The Morgan fingerprint density at radius 3 is 2.67 bits per heavy atom. The number of aromatic nitrogens is 1. The first-order valence-electron chi connectivity index (χ1n) is 9.95. The molecule has 1 fully saturated rings. The van der Waals surface area contributed by atoms with E-state index < -0.39 is 17.4 Å². The first-order chi connectivity index (χ1) is 13.1. The summed E-state index contributed by atoms with van der Waals surface area (Å²) < 4.78 is 25.0. The number of ether oxygens (including phenoxy) is 4. The summed E-state index contributed by atoms with van der Waals surface area (Å²) in [5.74, 6) is -1.30. The van der Waals surface area contributed by atoms with Gasteiger partial charge in [0, 0.05) is 25.1 Å². The van der Waals surface area contributed by atoms with E-state index in [1.807, 2.05) is 13.0 Å². The van der Waals surface area contributed by atoms with Gasteiger partial charge in [-0.1, -0.05) is 26.7 Å². The Morgan fingerprint density at radius 1 is 1.19 bits per heavy atom. The van der Waals surface area contributed by atoms with Crippen LogP contribution in [-0.4, -0.2) is 30.4 Å². The van der Waals surface area contributed by atoms with Gasteiger partial charge in [-0.3, -0.25) is 4.79 Å². The van der Waals surface area contributed by atoms with Gasteiger partial charge >= 0.3 is 5.97 Å². The van der Waals surface area contributed by atoms with Gasteiger partial charge in [0.25, 0.3) is 5.56 Å². The lowest BCUT2D eigenvalue weighted by molar-refractivity contribution is -0.182. The van der Waals surface area contributed by atoms with Crippen molar-refractivity contribution in [2.45, 2.75) is 70.5 Å². The molecule has 7 nitrogen and oxygen atoms in total. The van der Waals surface area contributed by atoms with E-state index in [9.17, 15) is 9.59 Å². The monoisotopic (exact) mass is 377 g/mol. The van der Waals surface area contributed by atoms with Crippen LogP contribution in [0, 0.1) is 0 Å². The van der Waals surface area contributed by atoms with Gasteiger partial charge in [-0.15, -0.1) is 0 Å². The third-order valence-electron chi connectivity index (χ3n) is 5.92. The fourth-order valence-electron chi connectivity index (χ4n) is 4.40. The fraction of sp³-hybridized carbons (Fsp3) is 0.700. The second kappa shape index (κ2) is 7.04. The maximum Gasteiger partial charge on any atom is 0.343 e. The molecular formula is C20H27NO6. The van der Waals surface area contributed by atoms with Crippen molar-refractivity contribution in [2.75, 3.05) is 19.8 Å². The quantitative estimate of drug-likeness (QED) is 0.559. The van der Waals surface area contributed by atoms with Crippen molar-refractivity contribution >= 4 is 5.97 Å². The highest BCUT2D eigenvalue weighted by atomic mass is 16.7. The van der Waals surface area contributed by atoms with Gasteiger partial charge in [0.2, 0.25) is 5.79 Å². The van der Waals surface area contributed by atoms with Gasteiger partial charge < -0.3 is 23.5 Å². The van der Waals surface area contributed by atoms with Gasteiger partial charge in [0.15, 0.2) is 5.60 Å². The molecular weight excluding hydrogens is 350 g/mol. The lowest BCUT2D eigenvalue weighted by Crippen LogP contribution is -2.47. The molecule has 1 aromatic rings. The molecule has 4 rings (SSSR count). The first kappa shape index (κ1) is 18.7. The molecule has 4 heterocycles. The van der Waals surface area contributed by atoms with E-state index in [-0.39, 0.29) is 12.2 Å². The molecule has 0 bridgehead atoms. The topological polar surface area (TPSA) is 76.0 Å². The smallest absolute Gasteiger partial charge is 0.343 e. The summed E-state index contributed by atoms with van der Waals surface area (Å²) >= 11 is 0. The van der Waals surface area contributed by atoms with Crippen LogP contribution in [0.2, 0.25) is 0 Å². The van der Waals surface area contributed by atoms with Crippen LogP contribution in [0.3, 0.4) is 0 Å². The first-order valence-corrected chi connectivity index (χ1v) is 9.95. The molecule has 1 spiro atoms. The molecule has 1 aromatic heterocycles. The summed E-state index contributed by atoms with van der Waals surface area (Å²) in [6.07, 6.45) is 3.95. The van der Waals surface area contributed by atoms with Crippen LogP contribution in [0.5, 0.6) is 0 Å². The molecule has 0 aliphatic carbocycles. The van der Waals surface area contributed by atoms with E-state index in [2.05, 4.69) is 6.92 Å². The van der Waals surface area contributed by atoms with E-state index in [0.29, 0.717) is 56.0 Å². The number of carbonyl (C=O) groups excluding carboxylic acids is 1. The molecule has 0 saturated carbocycles. The lowest BCUT2D eigenvalue weighted by atomic mass is 9.85. The van der Waals surface area contributed by atoms with Crippen LogP contribution >= 0.6 is 0 Å². The Bertz CT molecular complexity index is 794. The minimum absolute atomic E-state index is 0.0118. The van der Waals surface area contributed by atoms with Crippen LogP contribution in [-0.2, 0) is 48.3 Å². The predicted octanol–water partition coefficient (Wildman–Crippen LogP) is 2.32. The molecule has 27 heavy (non-hydrogen) atoms. The largest absolute Gasteiger partial charge is 0.458 e. The van der Waals surface area contributed by atoms with Gasteiger partial charge in [-0.2, -0.15) is 0 Å². The molecule has 3 aliphatic heterocycles. The normalized spacial score (nSPS) is 25.5. The molecule has 3 aliphatic rings. The number of unbranched alkanes of at least 4 members (excludes halogenated alkanes) is 2. The van der Waals surface area contributed by atoms with E-state index in [1.165, 1.54) is 0 Å². The van der Waals surface area contributed by atoms with Gasteiger partial charge in [-0.05, 0) is 18.9 Å². The van der Waals surface area contributed by atoms with Crippen molar-refractivity contribution in [3.8, 4) is 0 Å². The standard InChI is InChI=1S/C20H27NO6/c1-3-5-6-9-25-19(4-2)15-12-16-20(26-10-11-27-20)7-8-21(16)17(22)14(15)13-24-18(19)23/h12H,3-11,13H2,1-2H3/t19-/m0/s1. The molecule has 0 radical (unpaired) electrons. The van der Waals surface area contributed by atoms with E-state index in [4.69, 9.17) is 18.9 Å². The third-order valence-corrected chi connectivity index (χ3v) is 5.92. The maximum absolute atomic E-state index is 13.1. The number of hydrogen-bond acceptors (Lipinski definition) is 6. The van der Waals surface area contributed by atoms with E-state index >= 15 is 0 Å². The summed E-state index contributed by atoms with van der Waals surface area (Å²) in [5.41, 5.74) is 0.438. The number of hydrogen-bond donors (Lipinski definition) is 0. The predicted molar refractivity (Wildman–Crippen MR) is 96.1 cm³/mol. The van der Waals surface area contributed by atoms with Crippen molar-refractivity contribution < 1.29 is 23.7 Å². The van der Waals surface area contributed by atoms with Crippen LogP contribution in [0.1, 0.15) is 62.8 Å². The van der Waals surface area contributed by atoms with Crippen molar-refractivity contribution in [1.82, 2.24) is 4.57 Å². The van der Waals surface area contributed by atoms with E-state index in [0.717, 1.165) is 19.3 Å². The number of fused-ring (bicyclic) bond motifs is 3. The fourth-order valence-corrected chi connectivity index (χ4v) is 4.40. The van der Waals surface area contributed by atoms with Crippen LogP contribution in [0.15, 0.2) is 10.9 Å². The minimum Gasteiger partial charge on any atom is -0.458 e. The Balaban J connectivity index is 1.80. The second-order valence-corrected chi connectivity index (χ2v) is 7.39. The van der Waals surface area contributed by atoms with Gasteiger partial charge in [0.1, 0.15) is 6.61 Å². The number of nitrogens with zero attached hydrogens (tertiary/aromatic N) is 1. The molecule has 7 heteroatoms. The molecule has 0 amide bonds. The van der Waals surface area contributed by atoms with Crippen molar-refractivity contribution in [3.05, 3.63) is 33.2 Å². The highest BCUT2D eigenvalue weighted by Gasteiger charge is 2.51. The molecule has 1 atom stereocenters. The van der Waals surface area contributed by atoms with Crippen LogP contribution in [0.4, 0.5) is 0 Å². The van der Waals surface area contributed by atoms with Crippen molar-refractivity contribution in [1.29, 1.82) is 0 Å². The van der Waals surface area contributed by atoms with Crippen molar-refractivity contribution in [3.63, 3.8) is 0 Å². The Labute approximate surface area is 158 Å². The average molecular weight is 377 g/mol. The molecule has 148 valence electrons. The summed E-state index contributed by atoms with van der Waals surface area (Å²) in [5, 5.41) is 0. The highest BCUT2D eigenvalue weighted by Crippen LogP contribution is 2.44. The average Bonchev–Trinajstić information content (AvgIpc) is 3.29. The Hall–Kier alpha value is -1.70. The number of rotatable bonds is 6. The Kier molecular flexibility index (Phi) is 4.86. The lowest BCUT2D eigenvalue weighted by Gasteiger charge is -2.36. The maximum atomic E-state index is 13.1. The minimum atomic E-state index is -1.24. The zero-order valence-corrected chi connectivity index (χ0v) is 16.0. The molecule has 0 aromatic carbocycles. The molecule has 1 saturated heterocycles. The third kappa shape index (κ3) is 2.75. The number of cyclic esters (lactones) is 1. The SMILES string of the molecule is CCCCCO[C@]1(CC)C(=O)OCc2c1cc1n(c2=O)CCC12OCCO2. The second-order valence-electron chi connectivity index (χ2n) is 7.39. The summed E-state index contributed by atoms with van der Waals surface area (Å²) in [6.45, 7) is 5.98. The number of carbonyl (C=O) groups is 1. The summed E-state index contributed by atoms with van der Waals surface area (Å²) in [6, 6.07) is 1.89.